The minimum absolute atomic E-state index is 0.706. The lowest BCUT2D eigenvalue weighted by Gasteiger charge is -2.29. The average Bonchev–Trinajstić information content (AvgIpc) is 3.16. The summed E-state index contributed by atoms with van der Waals surface area (Å²) in [6.45, 7) is 9.90. The number of hydrogen-bond acceptors (Lipinski definition) is 2. The van der Waals surface area contributed by atoms with Crippen molar-refractivity contribution in [2.45, 2.75) is 52.0 Å². The van der Waals surface area contributed by atoms with E-state index in [9.17, 15) is 0 Å². The van der Waals surface area contributed by atoms with Crippen molar-refractivity contribution in [1.29, 1.82) is 0 Å². The summed E-state index contributed by atoms with van der Waals surface area (Å²) in [4.78, 5) is 9.73. The van der Waals surface area contributed by atoms with Crippen LogP contribution in [-0.2, 0) is 0 Å². The molecule has 0 aromatic rings. The molecule has 0 spiro atoms. The SMILES string of the molecule is CCNC(=NCCC1CC1)N(C)CC1CCCN1CC. The number of likely N-dealkylation sites (tertiary alicyclic amines) is 1. The van der Waals surface area contributed by atoms with Crippen LogP contribution in [0.25, 0.3) is 0 Å². The van der Waals surface area contributed by atoms with E-state index in [2.05, 4.69) is 36.0 Å². The molecule has 116 valence electrons. The van der Waals surface area contributed by atoms with E-state index < -0.39 is 0 Å². The third-order valence-electron chi connectivity index (χ3n) is 4.58. The molecule has 1 aliphatic heterocycles. The van der Waals surface area contributed by atoms with Crippen molar-refractivity contribution in [3.8, 4) is 0 Å². The predicted molar refractivity (Wildman–Crippen MR) is 86.2 cm³/mol. The number of likely N-dealkylation sites (N-methyl/N-ethyl adjacent to an activating group) is 2. The maximum absolute atomic E-state index is 4.80. The van der Waals surface area contributed by atoms with Crippen molar-refractivity contribution >= 4 is 5.96 Å². The predicted octanol–water partition coefficient (Wildman–Crippen LogP) is 2.17. The van der Waals surface area contributed by atoms with Crippen LogP contribution in [0.5, 0.6) is 0 Å². The van der Waals surface area contributed by atoms with Crippen LogP contribution in [0.3, 0.4) is 0 Å². The highest BCUT2D eigenvalue weighted by Crippen LogP contribution is 2.32. The van der Waals surface area contributed by atoms with Gasteiger partial charge in [0.1, 0.15) is 0 Å². The summed E-state index contributed by atoms with van der Waals surface area (Å²) in [5, 5.41) is 3.44. The van der Waals surface area contributed by atoms with Gasteiger partial charge in [-0.1, -0.05) is 19.8 Å². The van der Waals surface area contributed by atoms with E-state index in [0.717, 1.165) is 31.5 Å². The van der Waals surface area contributed by atoms with Gasteiger partial charge in [0.2, 0.25) is 0 Å². The normalized spacial score (nSPS) is 24.1. The van der Waals surface area contributed by atoms with Crippen LogP contribution in [0.2, 0.25) is 0 Å². The number of nitrogens with one attached hydrogen (secondary N) is 1. The van der Waals surface area contributed by atoms with Gasteiger partial charge in [0.05, 0.1) is 0 Å². The first-order valence-electron chi connectivity index (χ1n) is 8.48. The van der Waals surface area contributed by atoms with Gasteiger partial charge in [0.15, 0.2) is 5.96 Å². The highest BCUT2D eigenvalue weighted by Gasteiger charge is 2.25. The summed E-state index contributed by atoms with van der Waals surface area (Å²) in [7, 11) is 2.19. The van der Waals surface area contributed by atoms with Crippen LogP contribution < -0.4 is 5.32 Å². The maximum Gasteiger partial charge on any atom is 0.193 e. The van der Waals surface area contributed by atoms with E-state index in [-0.39, 0.29) is 0 Å². The maximum atomic E-state index is 4.80. The first-order valence-corrected chi connectivity index (χ1v) is 8.48. The first-order chi connectivity index (χ1) is 9.74. The summed E-state index contributed by atoms with van der Waals surface area (Å²) in [5.74, 6) is 2.06. The topological polar surface area (TPSA) is 30.9 Å². The van der Waals surface area contributed by atoms with Gasteiger partial charge in [0.25, 0.3) is 0 Å². The zero-order valence-electron chi connectivity index (χ0n) is 13.6. The van der Waals surface area contributed by atoms with Gasteiger partial charge in [-0.05, 0) is 45.2 Å². The quantitative estimate of drug-likeness (QED) is 0.573. The van der Waals surface area contributed by atoms with Gasteiger partial charge in [-0.2, -0.15) is 0 Å². The number of guanidine groups is 1. The van der Waals surface area contributed by atoms with Crippen LogP contribution in [0.15, 0.2) is 4.99 Å². The molecule has 2 aliphatic rings. The zero-order valence-corrected chi connectivity index (χ0v) is 13.6. The molecule has 2 rings (SSSR count). The molecule has 1 N–H and O–H groups in total. The fourth-order valence-corrected chi connectivity index (χ4v) is 3.15. The van der Waals surface area contributed by atoms with E-state index in [0.29, 0.717) is 6.04 Å². The van der Waals surface area contributed by atoms with Crippen LogP contribution in [0.1, 0.15) is 46.0 Å². The van der Waals surface area contributed by atoms with E-state index in [1.807, 2.05) is 0 Å². The lowest BCUT2D eigenvalue weighted by Crippen LogP contribution is -2.46. The Hall–Kier alpha value is -0.770. The van der Waals surface area contributed by atoms with Crippen molar-refractivity contribution in [2.24, 2.45) is 10.9 Å². The summed E-state index contributed by atoms with van der Waals surface area (Å²) >= 11 is 0. The highest BCUT2D eigenvalue weighted by molar-refractivity contribution is 5.79. The second-order valence-corrected chi connectivity index (χ2v) is 6.27. The van der Waals surface area contributed by atoms with Crippen molar-refractivity contribution < 1.29 is 0 Å². The fraction of sp³-hybridized carbons (Fsp3) is 0.938. The van der Waals surface area contributed by atoms with Gasteiger partial charge in [-0.3, -0.25) is 9.89 Å². The van der Waals surface area contributed by atoms with Crippen LogP contribution in [-0.4, -0.2) is 61.6 Å². The molecule has 4 heteroatoms. The van der Waals surface area contributed by atoms with E-state index in [1.165, 1.54) is 45.2 Å². The van der Waals surface area contributed by atoms with Crippen molar-refractivity contribution in [3.63, 3.8) is 0 Å². The minimum atomic E-state index is 0.706. The van der Waals surface area contributed by atoms with Crippen LogP contribution in [0.4, 0.5) is 0 Å². The van der Waals surface area contributed by atoms with Gasteiger partial charge in [0, 0.05) is 32.7 Å². The second kappa shape index (κ2) is 7.87. The van der Waals surface area contributed by atoms with Gasteiger partial charge in [-0.15, -0.1) is 0 Å². The fourth-order valence-electron chi connectivity index (χ4n) is 3.15. The van der Waals surface area contributed by atoms with Gasteiger partial charge in [-0.25, -0.2) is 0 Å². The third-order valence-corrected chi connectivity index (χ3v) is 4.58. The van der Waals surface area contributed by atoms with Gasteiger partial charge >= 0.3 is 0 Å². The average molecular weight is 280 g/mol. The number of hydrogen-bond donors (Lipinski definition) is 1. The van der Waals surface area contributed by atoms with E-state index in [1.54, 1.807) is 0 Å². The smallest absolute Gasteiger partial charge is 0.193 e. The molecule has 20 heavy (non-hydrogen) atoms. The first kappa shape index (κ1) is 15.6. The zero-order chi connectivity index (χ0) is 14.4. The van der Waals surface area contributed by atoms with Crippen molar-refractivity contribution in [2.75, 3.05) is 39.8 Å². The molecular weight excluding hydrogens is 248 g/mol. The second-order valence-electron chi connectivity index (χ2n) is 6.27. The molecule has 1 unspecified atom stereocenters. The van der Waals surface area contributed by atoms with E-state index in [4.69, 9.17) is 4.99 Å². The Labute approximate surface area is 124 Å². The van der Waals surface area contributed by atoms with E-state index >= 15 is 0 Å². The van der Waals surface area contributed by atoms with Crippen molar-refractivity contribution in [1.82, 2.24) is 15.1 Å². The molecule has 1 aliphatic carbocycles. The largest absolute Gasteiger partial charge is 0.357 e. The molecule has 0 aromatic carbocycles. The molecule has 1 saturated heterocycles. The minimum Gasteiger partial charge on any atom is -0.357 e. The Kier molecular flexibility index (Phi) is 6.14. The van der Waals surface area contributed by atoms with Crippen molar-refractivity contribution in [3.05, 3.63) is 0 Å². The Morgan fingerprint density at radius 3 is 2.75 bits per heavy atom. The molecule has 0 aromatic heterocycles. The number of aliphatic imine (C=N–C) groups is 1. The summed E-state index contributed by atoms with van der Waals surface area (Å²) in [6.07, 6.45) is 6.81. The molecule has 1 atom stereocenters. The number of rotatable bonds is 7. The molecular formula is C16H32N4. The number of nitrogens with zero attached hydrogens (tertiary/aromatic N) is 3. The monoisotopic (exact) mass is 280 g/mol. The highest BCUT2D eigenvalue weighted by atomic mass is 15.3. The summed E-state index contributed by atoms with van der Waals surface area (Å²) in [6, 6.07) is 0.706. The Balaban J connectivity index is 1.82. The Morgan fingerprint density at radius 1 is 1.30 bits per heavy atom. The molecule has 2 fully saturated rings. The lowest BCUT2D eigenvalue weighted by molar-refractivity contribution is 0.232. The third kappa shape index (κ3) is 4.65. The van der Waals surface area contributed by atoms with Crippen LogP contribution in [0, 0.1) is 5.92 Å². The van der Waals surface area contributed by atoms with Crippen LogP contribution >= 0.6 is 0 Å². The lowest BCUT2D eigenvalue weighted by atomic mass is 10.2. The summed E-state index contributed by atoms with van der Waals surface area (Å²) in [5.41, 5.74) is 0. The molecule has 0 radical (unpaired) electrons. The molecule has 0 bridgehead atoms. The summed E-state index contributed by atoms with van der Waals surface area (Å²) < 4.78 is 0. The standard InChI is InChI=1S/C16H32N4/c1-4-17-16(18-11-10-14-8-9-14)19(3)13-15-7-6-12-20(15)5-2/h14-15H,4-13H2,1-3H3,(H,17,18). The molecule has 0 amide bonds. The Morgan fingerprint density at radius 2 is 2.10 bits per heavy atom. The Bertz CT molecular complexity index is 312. The molecule has 4 nitrogen and oxygen atoms in total. The van der Waals surface area contributed by atoms with Gasteiger partial charge < -0.3 is 10.2 Å². The molecule has 1 heterocycles. The molecule has 1 saturated carbocycles.